The molecule has 0 radical (unpaired) electrons. The summed E-state index contributed by atoms with van der Waals surface area (Å²) in [6.45, 7) is 5.41. The van der Waals surface area contributed by atoms with Gasteiger partial charge in [0.1, 0.15) is 5.82 Å². The van der Waals surface area contributed by atoms with Gasteiger partial charge in [0.15, 0.2) is 11.5 Å². The van der Waals surface area contributed by atoms with Gasteiger partial charge >= 0.3 is 0 Å². The van der Waals surface area contributed by atoms with E-state index in [4.69, 9.17) is 5.73 Å². The van der Waals surface area contributed by atoms with Gasteiger partial charge in [0.2, 0.25) is 0 Å². The van der Waals surface area contributed by atoms with Gasteiger partial charge < -0.3 is 19.9 Å². The van der Waals surface area contributed by atoms with Crippen LogP contribution >= 0.6 is 0 Å². The van der Waals surface area contributed by atoms with E-state index >= 15 is 0 Å². The molecule has 1 unspecified atom stereocenters. The second kappa shape index (κ2) is 5.28. The fraction of sp³-hybridized carbons (Fsp3) is 0.571. The largest absolute Gasteiger partial charge is 0.382 e. The van der Waals surface area contributed by atoms with Crippen LogP contribution in [-0.2, 0) is 0 Å². The number of likely N-dealkylation sites (N-methyl/N-ethyl adjacent to an activating group) is 1. The summed E-state index contributed by atoms with van der Waals surface area (Å²) in [6.07, 6.45) is 7.76. The first-order valence-electron chi connectivity index (χ1n) is 7.23. The van der Waals surface area contributed by atoms with Crippen LogP contribution in [0.15, 0.2) is 18.6 Å². The van der Waals surface area contributed by atoms with E-state index in [9.17, 15) is 0 Å². The van der Waals surface area contributed by atoms with Crippen LogP contribution in [0.1, 0.15) is 19.8 Å². The van der Waals surface area contributed by atoms with Gasteiger partial charge in [0, 0.05) is 31.5 Å². The van der Waals surface area contributed by atoms with Crippen LogP contribution < -0.4 is 10.6 Å². The Labute approximate surface area is 119 Å². The number of hydrogen-bond acceptors (Lipinski definition) is 5. The standard InChI is InChI=1S/C14H22N6/c1-3-11-9-18(2)6-4-7-20(11)14-13-16-5-8-19(13)10-12(15)17-14/h5,8,10-11H,3-4,6-7,9,15H2,1-2H3. The molecule has 0 saturated carbocycles. The lowest BCUT2D eigenvalue weighted by molar-refractivity contribution is 0.328. The first-order valence-corrected chi connectivity index (χ1v) is 7.23. The molecular weight excluding hydrogens is 252 g/mol. The molecule has 0 aromatic carbocycles. The average molecular weight is 274 g/mol. The molecule has 1 saturated heterocycles. The van der Waals surface area contributed by atoms with Crippen molar-refractivity contribution in [2.45, 2.75) is 25.8 Å². The highest BCUT2D eigenvalue weighted by Crippen LogP contribution is 2.24. The van der Waals surface area contributed by atoms with Crippen molar-refractivity contribution in [1.29, 1.82) is 0 Å². The molecule has 108 valence electrons. The third-order valence-corrected chi connectivity index (χ3v) is 4.02. The zero-order valence-electron chi connectivity index (χ0n) is 12.2. The van der Waals surface area contributed by atoms with E-state index in [2.05, 4.69) is 33.7 Å². The molecule has 1 fully saturated rings. The van der Waals surface area contributed by atoms with E-state index in [-0.39, 0.29) is 0 Å². The fourth-order valence-electron chi connectivity index (χ4n) is 3.00. The second-order valence-electron chi connectivity index (χ2n) is 5.52. The number of imidazole rings is 1. The summed E-state index contributed by atoms with van der Waals surface area (Å²) < 4.78 is 1.96. The Morgan fingerprint density at radius 2 is 2.25 bits per heavy atom. The predicted molar refractivity (Wildman–Crippen MR) is 80.9 cm³/mol. The van der Waals surface area contributed by atoms with E-state index in [1.54, 1.807) is 6.20 Å². The summed E-state index contributed by atoms with van der Waals surface area (Å²) in [5.41, 5.74) is 6.84. The van der Waals surface area contributed by atoms with Crippen LogP contribution in [0.5, 0.6) is 0 Å². The third kappa shape index (κ3) is 2.31. The lowest BCUT2D eigenvalue weighted by Gasteiger charge is -2.31. The molecule has 3 heterocycles. The zero-order valence-corrected chi connectivity index (χ0v) is 12.2. The minimum absolute atomic E-state index is 0.456. The molecule has 6 heteroatoms. The van der Waals surface area contributed by atoms with E-state index in [1.807, 2.05) is 16.8 Å². The number of nitrogen functional groups attached to an aromatic ring is 1. The molecule has 0 aliphatic carbocycles. The minimum atomic E-state index is 0.456. The number of fused-ring (bicyclic) bond motifs is 1. The van der Waals surface area contributed by atoms with Gasteiger partial charge in [0.05, 0.1) is 6.20 Å². The SMILES string of the molecule is CCC1CN(C)CCCN1c1nc(N)cn2ccnc12. The molecule has 3 rings (SSSR count). The topological polar surface area (TPSA) is 62.7 Å². The van der Waals surface area contributed by atoms with Gasteiger partial charge in [-0.05, 0) is 26.4 Å². The first kappa shape index (κ1) is 13.2. The molecule has 1 atom stereocenters. The summed E-state index contributed by atoms with van der Waals surface area (Å²) in [6, 6.07) is 0.456. The molecule has 2 N–H and O–H groups in total. The Morgan fingerprint density at radius 1 is 1.40 bits per heavy atom. The van der Waals surface area contributed by atoms with Crippen molar-refractivity contribution < 1.29 is 0 Å². The summed E-state index contributed by atoms with van der Waals surface area (Å²) in [7, 11) is 2.18. The minimum Gasteiger partial charge on any atom is -0.382 e. The molecule has 1 aliphatic heterocycles. The highest BCUT2D eigenvalue weighted by atomic mass is 15.3. The molecule has 6 nitrogen and oxygen atoms in total. The second-order valence-corrected chi connectivity index (χ2v) is 5.52. The van der Waals surface area contributed by atoms with Gasteiger partial charge in [-0.2, -0.15) is 0 Å². The van der Waals surface area contributed by atoms with Crippen molar-refractivity contribution in [3.63, 3.8) is 0 Å². The Morgan fingerprint density at radius 3 is 3.05 bits per heavy atom. The lowest BCUT2D eigenvalue weighted by atomic mass is 10.2. The monoisotopic (exact) mass is 274 g/mol. The lowest BCUT2D eigenvalue weighted by Crippen LogP contribution is -2.40. The van der Waals surface area contributed by atoms with Crippen LogP contribution in [0.25, 0.3) is 5.65 Å². The van der Waals surface area contributed by atoms with Crippen molar-refractivity contribution in [3.05, 3.63) is 18.6 Å². The maximum absolute atomic E-state index is 5.95. The quantitative estimate of drug-likeness (QED) is 0.892. The maximum Gasteiger partial charge on any atom is 0.180 e. The molecule has 0 spiro atoms. The molecule has 2 aromatic rings. The number of nitrogens with zero attached hydrogens (tertiary/aromatic N) is 5. The average Bonchev–Trinajstić information content (AvgIpc) is 2.80. The van der Waals surface area contributed by atoms with Crippen LogP contribution in [-0.4, -0.2) is 52.0 Å². The van der Waals surface area contributed by atoms with E-state index in [1.165, 1.54) is 0 Å². The Balaban J connectivity index is 2.05. The molecule has 2 aromatic heterocycles. The number of nitrogens with two attached hydrogens (primary N) is 1. The van der Waals surface area contributed by atoms with Gasteiger partial charge in [-0.1, -0.05) is 6.92 Å². The number of rotatable bonds is 2. The van der Waals surface area contributed by atoms with Crippen LogP contribution in [0.2, 0.25) is 0 Å². The zero-order chi connectivity index (χ0) is 14.1. The Hall–Kier alpha value is -1.82. The molecule has 1 aliphatic rings. The van der Waals surface area contributed by atoms with Crippen LogP contribution in [0, 0.1) is 0 Å². The third-order valence-electron chi connectivity index (χ3n) is 4.02. The van der Waals surface area contributed by atoms with Gasteiger partial charge in [-0.25, -0.2) is 9.97 Å². The van der Waals surface area contributed by atoms with Crippen molar-refractivity contribution in [3.8, 4) is 0 Å². The fourth-order valence-corrected chi connectivity index (χ4v) is 3.00. The summed E-state index contributed by atoms with van der Waals surface area (Å²) >= 11 is 0. The van der Waals surface area contributed by atoms with E-state index in [0.717, 1.165) is 43.9 Å². The van der Waals surface area contributed by atoms with Crippen molar-refractivity contribution >= 4 is 17.3 Å². The number of aromatic nitrogens is 3. The number of anilines is 2. The Bertz CT molecular complexity index is 592. The summed E-state index contributed by atoms with van der Waals surface area (Å²) in [5.74, 6) is 1.45. The maximum atomic E-state index is 5.95. The smallest absolute Gasteiger partial charge is 0.180 e. The normalized spacial score (nSPS) is 21.3. The van der Waals surface area contributed by atoms with Crippen molar-refractivity contribution in [1.82, 2.24) is 19.3 Å². The van der Waals surface area contributed by atoms with E-state index < -0.39 is 0 Å². The molecule has 20 heavy (non-hydrogen) atoms. The van der Waals surface area contributed by atoms with Gasteiger partial charge in [-0.3, -0.25) is 0 Å². The van der Waals surface area contributed by atoms with Crippen LogP contribution in [0.3, 0.4) is 0 Å². The van der Waals surface area contributed by atoms with Crippen molar-refractivity contribution in [2.24, 2.45) is 0 Å². The highest BCUT2D eigenvalue weighted by Gasteiger charge is 2.25. The Kier molecular flexibility index (Phi) is 3.48. The molecule has 0 amide bonds. The number of hydrogen-bond donors (Lipinski definition) is 1. The van der Waals surface area contributed by atoms with Crippen molar-refractivity contribution in [2.75, 3.05) is 37.3 Å². The first-order chi connectivity index (χ1) is 9.69. The van der Waals surface area contributed by atoms with Gasteiger partial charge in [-0.15, -0.1) is 0 Å². The summed E-state index contributed by atoms with van der Waals surface area (Å²) in [5, 5.41) is 0. The van der Waals surface area contributed by atoms with Gasteiger partial charge in [0.25, 0.3) is 0 Å². The predicted octanol–water partition coefficient (Wildman–Crippen LogP) is 1.23. The molecular formula is C14H22N6. The summed E-state index contributed by atoms with van der Waals surface area (Å²) in [4.78, 5) is 13.8. The van der Waals surface area contributed by atoms with E-state index in [0.29, 0.717) is 11.9 Å². The van der Waals surface area contributed by atoms with Crippen LogP contribution in [0.4, 0.5) is 11.6 Å². The highest BCUT2D eigenvalue weighted by molar-refractivity contribution is 5.66. The molecule has 0 bridgehead atoms.